The number of halogens is 3. The maximum atomic E-state index is 12.4. The lowest BCUT2D eigenvalue weighted by atomic mass is 10.1. The smallest absolute Gasteiger partial charge is 0.312 e. The van der Waals surface area contributed by atoms with Crippen LogP contribution in [-0.4, -0.2) is 37.3 Å². The predicted octanol–water partition coefficient (Wildman–Crippen LogP) is 3.36. The Labute approximate surface area is 118 Å². The summed E-state index contributed by atoms with van der Waals surface area (Å²) in [5, 5.41) is 3.41. The molecule has 0 aliphatic heterocycles. The fraction of sp³-hybridized carbons (Fsp3) is 0.600. The van der Waals surface area contributed by atoms with Crippen LogP contribution in [0.5, 0.6) is 0 Å². The van der Waals surface area contributed by atoms with Crippen molar-refractivity contribution in [3.8, 4) is 0 Å². The van der Waals surface area contributed by atoms with Crippen LogP contribution in [-0.2, 0) is 0 Å². The quantitative estimate of drug-likeness (QED) is 0.827. The minimum Gasteiger partial charge on any atom is -0.312 e. The Balaban J connectivity index is 1.97. The van der Waals surface area contributed by atoms with Crippen molar-refractivity contribution in [1.82, 2.24) is 10.2 Å². The Bertz CT molecular complexity index is 401. The minimum atomic E-state index is -4.10. The zero-order valence-corrected chi connectivity index (χ0v) is 11.7. The Morgan fingerprint density at radius 1 is 1.25 bits per heavy atom. The largest absolute Gasteiger partial charge is 0.390 e. The van der Waals surface area contributed by atoms with Gasteiger partial charge in [0.15, 0.2) is 0 Å². The number of rotatable bonds is 7. The van der Waals surface area contributed by atoms with E-state index in [4.69, 9.17) is 0 Å². The molecule has 2 nitrogen and oxygen atoms in total. The van der Waals surface area contributed by atoms with Crippen molar-refractivity contribution in [2.24, 2.45) is 0 Å². The van der Waals surface area contributed by atoms with Gasteiger partial charge in [-0.25, -0.2) is 0 Å². The molecule has 1 fully saturated rings. The zero-order valence-electron chi connectivity index (χ0n) is 11.7. The van der Waals surface area contributed by atoms with Crippen LogP contribution >= 0.6 is 0 Å². The van der Waals surface area contributed by atoms with Crippen LogP contribution < -0.4 is 5.32 Å². The standard InChI is InChI=1S/C15H21F3N2/c1-20(10-9-15(16,17)18)14(11-19-13-7-8-13)12-5-3-2-4-6-12/h2-6,13-14,19H,7-11H2,1H3. The molecule has 1 N–H and O–H groups in total. The third kappa shape index (κ3) is 5.13. The van der Waals surface area contributed by atoms with E-state index in [2.05, 4.69) is 5.32 Å². The molecule has 1 aliphatic carbocycles. The monoisotopic (exact) mass is 286 g/mol. The molecule has 0 amide bonds. The second-order valence-corrected chi connectivity index (χ2v) is 5.45. The van der Waals surface area contributed by atoms with E-state index in [9.17, 15) is 13.2 Å². The molecule has 5 heteroatoms. The molecule has 1 unspecified atom stereocenters. The topological polar surface area (TPSA) is 15.3 Å². The molecule has 0 bridgehead atoms. The Morgan fingerprint density at radius 2 is 1.90 bits per heavy atom. The first-order chi connectivity index (χ1) is 9.46. The van der Waals surface area contributed by atoms with E-state index in [1.54, 1.807) is 11.9 Å². The van der Waals surface area contributed by atoms with E-state index in [0.717, 1.165) is 5.56 Å². The highest BCUT2D eigenvalue weighted by molar-refractivity contribution is 5.19. The summed E-state index contributed by atoms with van der Waals surface area (Å²) in [7, 11) is 1.76. The predicted molar refractivity (Wildman–Crippen MR) is 73.5 cm³/mol. The summed E-state index contributed by atoms with van der Waals surface area (Å²) in [4.78, 5) is 1.79. The molecule has 20 heavy (non-hydrogen) atoms. The second-order valence-electron chi connectivity index (χ2n) is 5.45. The van der Waals surface area contributed by atoms with Gasteiger partial charge in [0.2, 0.25) is 0 Å². The van der Waals surface area contributed by atoms with Gasteiger partial charge in [0.1, 0.15) is 0 Å². The molecular weight excluding hydrogens is 265 g/mol. The van der Waals surface area contributed by atoms with Crippen LogP contribution in [0.2, 0.25) is 0 Å². The van der Waals surface area contributed by atoms with Gasteiger partial charge in [0.05, 0.1) is 6.42 Å². The van der Waals surface area contributed by atoms with Crippen LogP contribution in [0.3, 0.4) is 0 Å². The van der Waals surface area contributed by atoms with Gasteiger partial charge in [-0.2, -0.15) is 13.2 Å². The molecule has 1 atom stereocenters. The van der Waals surface area contributed by atoms with Gasteiger partial charge in [-0.05, 0) is 25.5 Å². The van der Waals surface area contributed by atoms with E-state index in [1.165, 1.54) is 12.8 Å². The van der Waals surface area contributed by atoms with E-state index in [-0.39, 0.29) is 12.6 Å². The van der Waals surface area contributed by atoms with Crippen molar-refractivity contribution in [1.29, 1.82) is 0 Å². The van der Waals surface area contributed by atoms with Crippen molar-refractivity contribution in [2.45, 2.75) is 37.5 Å². The molecule has 1 aliphatic rings. The zero-order chi connectivity index (χ0) is 14.6. The van der Waals surface area contributed by atoms with Crippen LogP contribution in [0.1, 0.15) is 30.9 Å². The average Bonchev–Trinajstić information content (AvgIpc) is 3.21. The molecule has 0 radical (unpaired) electrons. The Kier molecular flexibility index (Phi) is 5.05. The maximum absolute atomic E-state index is 12.4. The van der Waals surface area contributed by atoms with Crippen LogP contribution in [0.15, 0.2) is 30.3 Å². The molecule has 0 aromatic heterocycles. The second kappa shape index (κ2) is 6.59. The average molecular weight is 286 g/mol. The van der Waals surface area contributed by atoms with E-state index in [1.807, 2.05) is 30.3 Å². The fourth-order valence-electron chi connectivity index (χ4n) is 2.23. The van der Waals surface area contributed by atoms with Crippen molar-refractivity contribution in [3.05, 3.63) is 35.9 Å². The third-order valence-corrected chi connectivity index (χ3v) is 3.64. The van der Waals surface area contributed by atoms with E-state index in [0.29, 0.717) is 12.6 Å². The summed E-state index contributed by atoms with van der Waals surface area (Å²) < 4.78 is 37.1. The Morgan fingerprint density at radius 3 is 2.45 bits per heavy atom. The first-order valence-electron chi connectivity index (χ1n) is 7.01. The van der Waals surface area contributed by atoms with Crippen LogP contribution in [0.4, 0.5) is 13.2 Å². The number of hydrogen-bond donors (Lipinski definition) is 1. The molecule has 0 saturated heterocycles. The molecule has 1 saturated carbocycles. The van der Waals surface area contributed by atoms with E-state index < -0.39 is 12.6 Å². The summed E-state index contributed by atoms with van der Waals surface area (Å²) in [6.45, 7) is 0.721. The molecule has 1 aromatic rings. The lowest BCUT2D eigenvalue weighted by Crippen LogP contribution is -2.36. The molecule has 2 rings (SSSR count). The number of nitrogens with zero attached hydrogens (tertiary/aromatic N) is 1. The fourth-order valence-corrected chi connectivity index (χ4v) is 2.23. The molecule has 0 spiro atoms. The van der Waals surface area contributed by atoms with Gasteiger partial charge in [0.25, 0.3) is 0 Å². The summed E-state index contributed by atoms with van der Waals surface area (Å²) in [5.74, 6) is 0. The first-order valence-corrected chi connectivity index (χ1v) is 7.01. The molecule has 112 valence electrons. The summed E-state index contributed by atoms with van der Waals surface area (Å²) in [6, 6.07) is 10.3. The summed E-state index contributed by atoms with van der Waals surface area (Å²) >= 11 is 0. The van der Waals surface area contributed by atoms with Crippen LogP contribution in [0, 0.1) is 0 Å². The van der Waals surface area contributed by atoms with Gasteiger partial charge in [0, 0.05) is 25.2 Å². The van der Waals surface area contributed by atoms with E-state index >= 15 is 0 Å². The van der Waals surface area contributed by atoms with Gasteiger partial charge < -0.3 is 5.32 Å². The first kappa shape index (κ1) is 15.3. The maximum Gasteiger partial charge on any atom is 0.390 e. The van der Waals surface area contributed by atoms with Gasteiger partial charge in [-0.1, -0.05) is 30.3 Å². The molecule has 0 heterocycles. The van der Waals surface area contributed by atoms with Crippen molar-refractivity contribution >= 4 is 0 Å². The number of benzene rings is 1. The van der Waals surface area contributed by atoms with Crippen molar-refractivity contribution < 1.29 is 13.2 Å². The Hall–Kier alpha value is -1.07. The highest BCUT2D eigenvalue weighted by Crippen LogP contribution is 2.25. The highest BCUT2D eigenvalue weighted by Gasteiger charge is 2.29. The third-order valence-electron chi connectivity index (χ3n) is 3.64. The van der Waals surface area contributed by atoms with Gasteiger partial charge in [-0.15, -0.1) is 0 Å². The lowest BCUT2D eigenvalue weighted by molar-refractivity contribution is -0.138. The normalized spacial score (nSPS) is 17.4. The number of nitrogens with one attached hydrogen (secondary N) is 1. The minimum absolute atomic E-state index is 0.0147. The van der Waals surface area contributed by atoms with Gasteiger partial charge >= 0.3 is 6.18 Å². The SMILES string of the molecule is CN(CCC(F)(F)F)C(CNC1CC1)c1ccccc1. The molecule has 1 aromatic carbocycles. The van der Waals surface area contributed by atoms with Crippen molar-refractivity contribution in [2.75, 3.05) is 20.1 Å². The summed E-state index contributed by atoms with van der Waals surface area (Å²) in [6.07, 6.45) is -2.52. The summed E-state index contributed by atoms with van der Waals surface area (Å²) in [5.41, 5.74) is 1.06. The van der Waals surface area contributed by atoms with Crippen LogP contribution in [0.25, 0.3) is 0 Å². The lowest BCUT2D eigenvalue weighted by Gasteiger charge is -2.29. The number of likely N-dealkylation sites (N-methyl/N-ethyl adjacent to an activating group) is 1. The number of alkyl halides is 3. The highest BCUT2D eigenvalue weighted by atomic mass is 19.4. The number of hydrogen-bond acceptors (Lipinski definition) is 2. The molecular formula is C15H21F3N2. The van der Waals surface area contributed by atoms with Crippen molar-refractivity contribution in [3.63, 3.8) is 0 Å². The van der Waals surface area contributed by atoms with Gasteiger partial charge in [-0.3, -0.25) is 4.90 Å².